The lowest BCUT2D eigenvalue weighted by molar-refractivity contribution is -0.115. The minimum absolute atomic E-state index is 0.264. The third-order valence-electron chi connectivity index (χ3n) is 3.74. The highest BCUT2D eigenvalue weighted by molar-refractivity contribution is 8.18. The summed E-state index contributed by atoms with van der Waals surface area (Å²) in [6, 6.07) is 5.37. The van der Waals surface area contributed by atoms with Gasteiger partial charge in [0.05, 0.1) is 25.3 Å². The van der Waals surface area contributed by atoms with Gasteiger partial charge in [0, 0.05) is 0 Å². The Labute approximate surface area is 159 Å². The summed E-state index contributed by atoms with van der Waals surface area (Å²) in [6.45, 7) is 3.54. The standard InChI is InChI=1S/C17H17N5O4S/c1-9(14-10(2)21-26-22-14)15-16(23)19-17(27-15)20-18-8-11-5-6-12(24-3)13(7-11)25-4/h5-8H,1-4H3,(H,19,20,23)/b15-9+,18-8-. The monoisotopic (exact) mass is 387 g/mol. The van der Waals surface area contributed by atoms with Crippen molar-refractivity contribution in [3.8, 4) is 11.5 Å². The van der Waals surface area contributed by atoms with Gasteiger partial charge in [-0.3, -0.25) is 10.1 Å². The number of aryl methyl sites for hydroxylation is 1. The van der Waals surface area contributed by atoms with Crippen LogP contribution in [0.3, 0.4) is 0 Å². The molecule has 0 spiro atoms. The molecule has 1 aromatic carbocycles. The summed E-state index contributed by atoms with van der Waals surface area (Å²) in [6.07, 6.45) is 1.56. The summed E-state index contributed by atoms with van der Waals surface area (Å²) in [5, 5.41) is 18.7. The van der Waals surface area contributed by atoms with Gasteiger partial charge in [-0.15, -0.1) is 5.10 Å². The Kier molecular flexibility index (Phi) is 5.55. The highest BCUT2D eigenvalue weighted by atomic mass is 32.2. The number of rotatable bonds is 5. The summed E-state index contributed by atoms with van der Waals surface area (Å²) < 4.78 is 15.1. The molecule has 0 bridgehead atoms. The molecule has 0 aliphatic carbocycles. The van der Waals surface area contributed by atoms with E-state index in [1.54, 1.807) is 46.4 Å². The van der Waals surface area contributed by atoms with Gasteiger partial charge < -0.3 is 9.47 Å². The van der Waals surface area contributed by atoms with Crippen molar-refractivity contribution in [3.63, 3.8) is 0 Å². The Morgan fingerprint density at radius 2 is 2.04 bits per heavy atom. The molecule has 2 aromatic rings. The number of benzene rings is 1. The number of amidine groups is 1. The van der Waals surface area contributed by atoms with Crippen LogP contribution in [0.25, 0.3) is 5.57 Å². The molecular weight excluding hydrogens is 370 g/mol. The van der Waals surface area contributed by atoms with Crippen LogP contribution < -0.4 is 14.8 Å². The SMILES string of the molecule is COc1ccc(/C=N\N=C2/NC(=O)/C(=C(/C)c3nonc3C)S2)cc1OC. The Morgan fingerprint density at radius 3 is 2.70 bits per heavy atom. The molecule has 1 aliphatic rings. The van der Waals surface area contributed by atoms with Crippen LogP contribution in [0.1, 0.15) is 23.9 Å². The maximum absolute atomic E-state index is 12.2. The molecule has 1 aromatic heterocycles. The van der Waals surface area contributed by atoms with Gasteiger partial charge in [-0.05, 0) is 60.1 Å². The minimum atomic E-state index is -0.264. The normalized spacial score (nSPS) is 17.5. The van der Waals surface area contributed by atoms with Crippen molar-refractivity contribution < 1.29 is 18.9 Å². The second-order valence-corrected chi connectivity index (χ2v) is 6.47. The van der Waals surface area contributed by atoms with E-state index in [2.05, 4.69) is 30.5 Å². The van der Waals surface area contributed by atoms with Crippen molar-refractivity contribution in [3.05, 3.63) is 40.1 Å². The van der Waals surface area contributed by atoms with Gasteiger partial charge in [0.1, 0.15) is 11.4 Å². The molecule has 9 nitrogen and oxygen atoms in total. The van der Waals surface area contributed by atoms with Crippen molar-refractivity contribution >= 4 is 34.6 Å². The van der Waals surface area contributed by atoms with Crippen LogP contribution >= 0.6 is 11.8 Å². The van der Waals surface area contributed by atoms with E-state index in [1.165, 1.54) is 11.8 Å². The largest absolute Gasteiger partial charge is 0.493 e. The van der Waals surface area contributed by atoms with Gasteiger partial charge in [-0.25, -0.2) is 4.63 Å². The molecule has 1 aliphatic heterocycles. The predicted molar refractivity (Wildman–Crippen MR) is 102 cm³/mol. The molecule has 0 radical (unpaired) electrons. The number of hydrogen-bond acceptors (Lipinski definition) is 9. The first-order valence-corrected chi connectivity index (χ1v) is 8.67. The lowest BCUT2D eigenvalue weighted by Crippen LogP contribution is -2.19. The minimum Gasteiger partial charge on any atom is -0.493 e. The summed E-state index contributed by atoms with van der Waals surface area (Å²) >= 11 is 1.18. The lowest BCUT2D eigenvalue weighted by atomic mass is 10.1. The molecule has 1 saturated heterocycles. The smallest absolute Gasteiger partial charge is 0.264 e. The third kappa shape index (κ3) is 4.00. The fraction of sp³-hybridized carbons (Fsp3) is 0.235. The zero-order chi connectivity index (χ0) is 19.4. The molecule has 0 saturated carbocycles. The predicted octanol–water partition coefficient (Wildman–Crippen LogP) is 2.38. The van der Waals surface area contributed by atoms with E-state index >= 15 is 0 Å². The highest BCUT2D eigenvalue weighted by Gasteiger charge is 2.28. The van der Waals surface area contributed by atoms with Gasteiger partial charge in [0.25, 0.3) is 5.91 Å². The molecule has 0 unspecified atom stereocenters. The first-order valence-electron chi connectivity index (χ1n) is 7.86. The summed E-state index contributed by atoms with van der Waals surface area (Å²) in [5.74, 6) is 0.956. The van der Waals surface area contributed by atoms with E-state index in [4.69, 9.17) is 9.47 Å². The molecule has 3 rings (SSSR count). The van der Waals surface area contributed by atoms with Gasteiger partial charge in [0.15, 0.2) is 16.7 Å². The summed E-state index contributed by atoms with van der Waals surface area (Å²) in [4.78, 5) is 12.7. The molecule has 2 heterocycles. The average molecular weight is 387 g/mol. The Bertz CT molecular complexity index is 964. The Balaban J connectivity index is 1.77. The van der Waals surface area contributed by atoms with Crippen LogP contribution in [0, 0.1) is 6.92 Å². The number of nitrogens with zero attached hydrogens (tertiary/aromatic N) is 4. The number of methoxy groups -OCH3 is 2. The topological polar surface area (TPSA) is 111 Å². The highest BCUT2D eigenvalue weighted by Crippen LogP contribution is 2.32. The van der Waals surface area contributed by atoms with E-state index in [-0.39, 0.29) is 5.91 Å². The maximum Gasteiger partial charge on any atom is 0.264 e. The van der Waals surface area contributed by atoms with Crippen molar-refractivity contribution in [2.75, 3.05) is 14.2 Å². The maximum atomic E-state index is 12.2. The van der Waals surface area contributed by atoms with Crippen LogP contribution in [-0.2, 0) is 4.79 Å². The van der Waals surface area contributed by atoms with Crippen LogP contribution in [0.5, 0.6) is 11.5 Å². The number of allylic oxidation sites excluding steroid dienone is 1. The number of nitrogens with one attached hydrogen (secondary N) is 1. The fourth-order valence-corrected chi connectivity index (χ4v) is 3.19. The number of thioether (sulfide) groups is 1. The van der Waals surface area contributed by atoms with E-state index < -0.39 is 0 Å². The van der Waals surface area contributed by atoms with E-state index in [9.17, 15) is 4.79 Å². The number of carbonyl (C=O) groups excluding carboxylic acids is 1. The van der Waals surface area contributed by atoms with Crippen molar-refractivity contribution in [1.82, 2.24) is 15.6 Å². The van der Waals surface area contributed by atoms with Gasteiger partial charge in [0.2, 0.25) is 0 Å². The molecule has 10 heteroatoms. The number of hydrogen-bond donors (Lipinski definition) is 1. The summed E-state index contributed by atoms with van der Waals surface area (Å²) in [7, 11) is 3.13. The van der Waals surface area contributed by atoms with Gasteiger partial charge in [-0.2, -0.15) is 5.10 Å². The second-order valence-electron chi connectivity index (χ2n) is 5.47. The fourth-order valence-electron chi connectivity index (χ4n) is 2.37. The number of amides is 1. The van der Waals surface area contributed by atoms with Crippen molar-refractivity contribution in [1.29, 1.82) is 0 Å². The third-order valence-corrected chi connectivity index (χ3v) is 4.81. The van der Waals surface area contributed by atoms with Crippen LogP contribution in [0.15, 0.2) is 37.9 Å². The van der Waals surface area contributed by atoms with Gasteiger partial charge >= 0.3 is 0 Å². The van der Waals surface area contributed by atoms with Crippen LogP contribution in [-0.4, -0.2) is 41.8 Å². The molecule has 1 fully saturated rings. The zero-order valence-electron chi connectivity index (χ0n) is 15.1. The van der Waals surface area contributed by atoms with Crippen LogP contribution in [0.2, 0.25) is 0 Å². The number of ether oxygens (including phenoxy) is 2. The Morgan fingerprint density at radius 1 is 1.26 bits per heavy atom. The van der Waals surface area contributed by atoms with Gasteiger partial charge in [-0.1, -0.05) is 5.16 Å². The van der Waals surface area contributed by atoms with E-state index in [1.807, 2.05) is 6.07 Å². The first-order chi connectivity index (χ1) is 13.0. The van der Waals surface area contributed by atoms with E-state index in [0.717, 1.165) is 5.56 Å². The summed E-state index contributed by atoms with van der Waals surface area (Å²) in [5.41, 5.74) is 2.61. The molecule has 1 N–H and O–H groups in total. The number of carbonyl (C=O) groups is 1. The molecule has 140 valence electrons. The van der Waals surface area contributed by atoms with Crippen molar-refractivity contribution in [2.45, 2.75) is 13.8 Å². The first kappa shape index (κ1) is 18.6. The zero-order valence-corrected chi connectivity index (χ0v) is 16.0. The van der Waals surface area contributed by atoms with Crippen molar-refractivity contribution in [2.24, 2.45) is 10.2 Å². The molecule has 1 amide bonds. The quantitative estimate of drug-likeness (QED) is 0.476. The molecule has 27 heavy (non-hydrogen) atoms. The second kappa shape index (κ2) is 8.04. The molecular formula is C17H17N5O4S. The van der Waals surface area contributed by atoms with Crippen LogP contribution in [0.4, 0.5) is 0 Å². The Hall–Kier alpha value is -3.14. The average Bonchev–Trinajstić information content (AvgIpc) is 3.26. The van der Waals surface area contributed by atoms with E-state index in [0.29, 0.717) is 38.5 Å². The molecule has 0 atom stereocenters. The lowest BCUT2D eigenvalue weighted by Gasteiger charge is -2.07. The number of aromatic nitrogens is 2.